The summed E-state index contributed by atoms with van der Waals surface area (Å²) >= 11 is 0. The molecule has 3 nitrogen and oxygen atoms in total. The van der Waals surface area contributed by atoms with E-state index in [9.17, 15) is 0 Å². The predicted molar refractivity (Wildman–Crippen MR) is 70.9 cm³/mol. The highest BCUT2D eigenvalue weighted by molar-refractivity contribution is 4.99. The second-order valence-corrected chi connectivity index (χ2v) is 6.20. The van der Waals surface area contributed by atoms with Crippen LogP contribution in [0.25, 0.3) is 0 Å². The van der Waals surface area contributed by atoms with Crippen LogP contribution in [0.5, 0.6) is 0 Å². The van der Waals surface area contributed by atoms with Gasteiger partial charge >= 0.3 is 0 Å². The van der Waals surface area contributed by atoms with E-state index in [1.807, 2.05) is 0 Å². The van der Waals surface area contributed by atoms with E-state index in [4.69, 9.17) is 10.8 Å². The summed E-state index contributed by atoms with van der Waals surface area (Å²) in [6.07, 6.45) is 11.8. The summed E-state index contributed by atoms with van der Waals surface area (Å²) in [6.45, 7) is 1.92. The molecule has 2 aliphatic carbocycles. The van der Waals surface area contributed by atoms with Crippen molar-refractivity contribution >= 4 is 0 Å². The van der Waals surface area contributed by atoms with E-state index in [-0.39, 0.29) is 12.1 Å². The van der Waals surface area contributed by atoms with Crippen LogP contribution in [0.3, 0.4) is 0 Å². The fourth-order valence-electron chi connectivity index (χ4n) is 3.77. The lowest BCUT2D eigenvalue weighted by atomic mass is 9.66. The van der Waals surface area contributed by atoms with Gasteiger partial charge in [-0.15, -0.1) is 0 Å². The average molecular weight is 240 g/mol. The van der Waals surface area contributed by atoms with Gasteiger partial charge in [0.1, 0.15) is 0 Å². The monoisotopic (exact) mass is 240 g/mol. The molecule has 2 rings (SSSR count). The molecule has 17 heavy (non-hydrogen) atoms. The second kappa shape index (κ2) is 5.68. The molecule has 2 saturated carbocycles. The third kappa shape index (κ3) is 3.01. The lowest BCUT2D eigenvalue weighted by Gasteiger charge is -2.45. The molecule has 100 valence electrons. The summed E-state index contributed by atoms with van der Waals surface area (Å²) in [5, 5.41) is 12.5. The number of rotatable bonds is 5. The normalized spacial score (nSPS) is 26.5. The van der Waals surface area contributed by atoms with E-state index in [1.165, 1.54) is 51.4 Å². The Hall–Kier alpha value is -0.120. The Bertz CT molecular complexity index is 226. The Morgan fingerprint density at radius 1 is 1.00 bits per heavy atom. The van der Waals surface area contributed by atoms with E-state index >= 15 is 0 Å². The quantitative estimate of drug-likeness (QED) is 0.642. The standard InChI is InChI=1S/C14H28N2O/c15-12-14(16-10-3-11-17)8-6-13(7-9-14)4-1-2-5-13/h16-17H,1-12,15H2. The summed E-state index contributed by atoms with van der Waals surface area (Å²) in [4.78, 5) is 0. The van der Waals surface area contributed by atoms with E-state index in [1.54, 1.807) is 0 Å². The first-order valence-electron chi connectivity index (χ1n) is 7.30. The molecule has 3 heteroatoms. The lowest BCUT2D eigenvalue weighted by molar-refractivity contribution is 0.113. The Kier molecular flexibility index (Phi) is 4.45. The van der Waals surface area contributed by atoms with Crippen LogP contribution in [0.2, 0.25) is 0 Å². The van der Waals surface area contributed by atoms with Crippen molar-refractivity contribution in [1.29, 1.82) is 0 Å². The summed E-state index contributed by atoms with van der Waals surface area (Å²) < 4.78 is 0. The largest absolute Gasteiger partial charge is 0.396 e. The molecule has 0 aromatic carbocycles. The first kappa shape index (κ1) is 13.3. The molecule has 0 radical (unpaired) electrons. The van der Waals surface area contributed by atoms with Crippen molar-refractivity contribution in [2.75, 3.05) is 19.7 Å². The fraction of sp³-hybridized carbons (Fsp3) is 1.00. The Labute approximate surface area is 105 Å². The van der Waals surface area contributed by atoms with Crippen LogP contribution in [-0.2, 0) is 0 Å². The van der Waals surface area contributed by atoms with Crippen molar-refractivity contribution in [2.45, 2.75) is 63.3 Å². The van der Waals surface area contributed by atoms with Crippen molar-refractivity contribution in [3.05, 3.63) is 0 Å². The highest BCUT2D eigenvalue weighted by atomic mass is 16.3. The molecule has 0 unspecified atom stereocenters. The van der Waals surface area contributed by atoms with Gasteiger partial charge in [-0.1, -0.05) is 12.8 Å². The van der Waals surface area contributed by atoms with Gasteiger partial charge in [-0.25, -0.2) is 0 Å². The molecule has 0 aliphatic heterocycles. The first-order chi connectivity index (χ1) is 8.24. The number of hydrogen-bond donors (Lipinski definition) is 3. The van der Waals surface area contributed by atoms with Gasteiger partial charge in [0.25, 0.3) is 0 Å². The molecule has 0 atom stereocenters. The van der Waals surface area contributed by atoms with Gasteiger partial charge < -0.3 is 16.2 Å². The van der Waals surface area contributed by atoms with Crippen molar-refractivity contribution in [3.8, 4) is 0 Å². The van der Waals surface area contributed by atoms with Gasteiger partial charge in [-0.3, -0.25) is 0 Å². The molecule has 2 aliphatic rings. The Balaban J connectivity index is 1.85. The van der Waals surface area contributed by atoms with Crippen LogP contribution in [0.15, 0.2) is 0 Å². The zero-order valence-corrected chi connectivity index (χ0v) is 11.0. The highest BCUT2D eigenvalue weighted by Gasteiger charge is 2.42. The van der Waals surface area contributed by atoms with Gasteiger partial charge in [0.15, 0.2) is 0 Å². The predicted octanol–water partition coefficient (Wildman–Crippen LogP) is 1.79. The van der Waals surface area contributed by atoms with Gasteiger partial charge in [0, 0.05) is 18.7 Å². The molecule has 0 aromatic rings. The van der Waals surface area contributed by atoms with E-state index < -0.39 is 0 Å². The van der Waals surface area contributed by atoms with E-state index in [0.717, 1.165) is 19.5 Å². The minimum atomic E-state index is 0.170. The van der Waals surface area contributed by atoms with Gasteiger partial charge in [-0.2, -0.15) is 0 Å². The van der Waals surface area contributed by atoms with Crippen LogP contribution in [-0.4, -0.2) is 30.3 Å². The van der Waals surface area contributed by atoms with Crippen molar-refractivity contribution in [1.82, 2.24) is 5.32 Å². The molecule has 4 N–H and O–H groups in total. The molecule has 0 amide bonds. The first-order valence-corrected chi connectivity index (χ1v) is 7.30. The van der Waals surface area contributed by atoms with Crippen LogP contribution in [0.4, 0.5) is 0 Å². The number of aliphatic hydroxyl groups excluding tert-OH is 1. The maximum Gasteiger partial charge on any atom is 0.0443 e. The highest BCUT2D eigenvalue weighted by Crippen LogP contribution is 2.50. The zero-order chi connectivity index (χ0) is 12.2. The Morgan fingerprint density at radius 2 is 1.65 bits per heavy atom. The molecular formula is C14H28N2O. The van der Waals surface area contributed by atoms with Crippen molar-refractivity contribution < 1.29 is 5.11 Å². The smallest absolute Gasteiger partial charge is 0.0443 e. The van der Waals surface area contributed by atoms with Gasteiger partial charge in [0.2, 0.25) is 0 Å². The third-order valence-electron chi connectivity index (χ3n) is 5.16. The zero-order valence-electron chi connectivity index (χ0n) is 11.0. The minimum Gasteiger partial charge on any atom is -0.396 e. The number of nitrogens with one attached hydrogen (secondary N) is 1. The summed E-state index contributed by atoms with van der Waals surface area (Å²) in [5.74, 6) is 0. The minimum absolute atomic E-state index is 0.170. The number of aliphatic hydroxyl groups is 1. The molecular weight excluding hydrogens is 212 g/mol. The molecule has 1 spiro atoms. The van der Waals surface area contributed by atoms with Crippen molar-refractivity contribution in [3.63, 3.8) is 0 Å². The molecule has 0 heterocycles. The molecule has 0 aromatic heterocycles. The molecule has 2 fully saturated rings. The van der Waals surface area contributed by atoms with Crippen molar-refractivity contribution in [2.24, 2.45) is 11.1 Å². The molecule has 0 saturated heterocycles. The third-order valence-corrected chi connectivity index (χ3v) is 5.16. The van der Waals surface area contributed by atoms with E-state index in [0.29, 0.717) is 5.41 Å². The topological polar surface area (TPSA) is 58.3 Å². The molecule has 0 bridgehead atoms. The average Bonchev–Trinajstić information content (AvgIpc) is 2.82. The fourth-order valence-corrected chi connectivity index (χ4v) is 3.77. The maximum atomic E-state index is 8.85. The maximum absolute atomic E-state index is 8.85. The summed E-state index contributed by atoms with van der Waals surface area (Å²) in [6, 6.07) is 0. The number of hydrogen-bond acceptors (Lipinski definition) is 3. The summed E-state index contributed by atoms with van der Waals surface area (Å²) in [7, 11) is 0. The van der Waals surface area contributed by atoms with Crippen LogP contribution in [0, 0.1) is 5.41 Å². The van der Waals surface area contributed by atoms with Crippen LogP contribution < -0.4 is 11.1 Å². The Morgan fingerprint density at radius 3 is 2.18 bits per heavy atom. The summed E-state index contributed by atoms with van der Waals surface area (Å²) in [5.41, 5.74) is 6.83. The van der Waals surface area contributed by atoms with Crippen LogP contribution >= 0.6 is 0 Å². The van der Waals surface area contributed by atoms with Gasteiger partial charge in [-0.05, 0) is 56.9 Å². The van der Waals surface area contributed by atoms with E-state index in [2.05, 4.69) is 5.32 Å². The second-order valence-electron chi connectivity index (χ2n) is 6.20. The van der Waals surface area contributed by atoms with Gasteiger partial charge in [0.05, 0.1) is 0 Å². The van der Waals surface area contributed by atoms with Crippen LogP contribution in [0.1, 0.15) is 57.8 Å². The SMILES string of the molecule is NCC1(NCCCO)CCC2(CCCC2)CC1. The lowest BCUT2D eigenvalue weighted by Crippen LogP contribution is -2.54. The number of nitrogens with two attached hydrogens (primary N) is 1.